The second-order valence-corrected chi connectivity index (χ2v) is 31.7. The van der Waals surface area contributed by atoms with Crippen LogP contribution >= 0.6 is 11.3 Å². The summed E-state index contributed by atoms with van der Waals surface area (Å²) in [6, 6.07) is 11.2. The van der Waals surface area contributed by atoms with Crippen molar-refractivity contribution in [3.8, 4) is 0 Å². The molecule has 0 aliphatic rings. The van der Waals surface area contributed by atoms with E-state index in [1.165, 1.54) is 36.4 Å². The van der Waals surface area contributed by atoms with Gasteiger partial charge < -0.3 is 0 Å². The van der Waals surface area contributed by atoms with Crippen molar-refractivity contribution in [1.29, 1.82) is 0 Å². The maximum atomic E-state index is 12.3. The van der Waals surface area contributed by atoms with Crippen LogP contribution in [0.2, 0.25) is 0 Å². The van der Waals surface area contributed by atoms with E-state index in [9.17, 15) is 51.9 Å². The Labute approximate surface area is 185 Å². The van der Waals surface area contributed by atoms with E-state index in [0.717, 1.165) is 24.3 Å². The second-order valence-electron chi connectivity index (χ2n) is 6.64. The van der Waals surface area contributed by atoms with E-state index in [2.05, 4.69) is 0 Å². The van der Waals surface area contributed by atoms with E-state index in [-0.39, 0.29) is 0 Å². The van der Waals surface area contributed by atoms with Gasteiger partial charge in [-0.1, -0.05) is 0 Å². The van der Waals surface area contributed by atoms with Crippen molar-refractivity contribution >= 4 is 60.9 Å². The molecule has 182 valence electrons. The van der Waals surface area contributed by atoms with Crippen LogP contribution in [-0.4, -0.2) is 64.2 Å². The van der Waals surface area contributed by atoms with Crippen LogP contribution in [0.4, 0.5) is 0 Å². The molecule has 32 heavy (non-hydrogen) atoms. The molecule has 0 aliphatic carbocycles. The zero-order valence-corrected chi connectivity index (χ0v) is 21.1. The topological polar surface area (TPSA) is 217 Å². The fourth-order valence-corrected chi connectivity index (χ4v) is 29.1. The first kappa shape index (κ1) is 27.2. The molecule has 2 rings (SSSR count). The Morgan fingerprint density at radius 1 is 0.469 bits per heavy atom. The molecular weight excluding hydrogens is 550 g/mol. The molecule has 0 saturated heterocycles. The van der Waals surface area contributed by atoms with E-state index < -0.39 is 73.2 Å². The normalized spacial score (nSPS) is 15.2. The molecule has 0 heterocycles. The number of hydrogen-bond donors (Lipinski definition) is 4. The Hall–Kier alpha value is -1.06. The molecule has 0 saturated carbocycles. The van der Waals surface area contributed by atoms with Crippen LogP contribution < -0.4 is 10.6 Å². The SMILES string of the molecule is O=S(=O)(O)[PH](CC[PH](c1ccccc1)(S(=O)(=O)O)S(=O)(=O)O)(c1ccccc1)S(=O)(=O)O. The molecule has 0 bridgehead atoms. The standard InChI is InChI=1S/C14H20O12P2S4/c15-29(16,17)27(30(18,19)20,13-7-3-1-4-8-13)11-12-28(31(21,22)23,32(24,25)26)14-9-5-2-6-10-14/h1-10,27-28H,11-12H2,(H,15,16,17)(H,18,19,20)(H,21,22,23)(H,24,25,26). The Balaban J connectivity index is 2.93. The summed E-state index contributed by atoms with van der Waals surface area (Å²) < 4.78 is 138. The Morgan fingerprint density at radius 2 is 0.688 bits per heavy atom. The summed E-state index contributed by atoms with van der Waals surface area (Å²) in [6.07, 6.45) is -2.81. The molecule has 2 aromatic rings. The zero-order valence-electron chi connectivity index (χ0n) is 15.9. The Bertz CT molecular complexity index is 1230. The summed E-state index contributed by atoms with van der Waals surface area (Å²) in [7, 11) is -22.7. The molecule has 18 heteroatoms. The molecule has 4 N–H and O–H groups in total. The van der Waals surface area contributed by atoms with Crippen LogP contribution in [0, 0.1) is 0 Å². The van der Waals surface area contributed by atoms with Crippen molar-refractivity contribution < 1.29 is 51.9 Å². The zero-order chi connectivity index (χ0) is 24.6. The molecule has 0 fully saturated rings. The third kappa shape index (κ3) is 4.62. The van der Waals surface area contributed by atoms with Gasteiger partial charge >= 0.3 is 186 Å². The molecule has 0 unspecified atom stereocenters. The van der Waals surface area contributed by atoms with Gasteiger partial charge in [0.15, 0.2) is 0 Å². The third-order valence-corrected chi connectivity index (χ3v) is 35.8. The predicted molar refractivity (Wildman–Crippen MR) is 125 cm³/mol. The van der Waals surface area contributed by atoms with E-state index in [4.69, 9.17) is 0 Å². The van der Waals surface area contributed by atoms with Crippen LogP contribution in [0.1, 0.15) is 0 Å². The van der Waals surface area contributed by atoms with E-state index in [0.29, 0.717) is 0 Å². The average molecular weight is 571 g/mol. The summed E-state index contributed by atoms with van der Waals surface area (Å²) in [4.78, 5) is 0. The van der Waals surface area contributed by atoms with Gasteiger partial charge in [0.2, 0.25) is 0 Å². The monoisotopic (exact) mass is 570 g/mol. The summed E-state index contributed by atoms with van der Waals surface area (Å²) in [5.74, 6) is 0. The van der Waals surface area contributed by atoms with Gasteiger partial charge in [-0.3, -0.25) is 0 Å². The quantitative estimate of drug-likeness (QED) is 0.237. The average Bonchev–Trinajstić information content (AvgIpc) is 2.62. The van der Waals surface area contributed by atoms with Gasteiger partial charge in [-0.05, 0) is 0 Å². The molecule has 12 nitrogen and oxygen atoms in total. The molecule has 2 aromatic carbocycles. The first-order valence-electron chi connectivity index (χ1n) is 8.41. The third-order valence-electron chi connectivity index (χ3n) is 4.88. The predicted octanol–water partition coefficient (Wildman–Crippen LogP) is 0.348. The van der Waals surface area contributed by atoms with E-state index in [1.54, 1.807) is 0 Å². The minimum absolute atomic E-state index is 0.591. The first-order valence-corrected chi connectivity index (χ1v) is 21.5. The van der Waals surface area contributed by atoms with Crippen molar-refractivity contribution in [2.45, 2.75) is 0 Å². The molecule has 0 spiro atoms. The molecule has 0 aromatic heterocycles. The van der Waals surface area contributed by atoms with E-state index >= 15 is 0 Å². The van der Waals surface area contributed by atoms with Gasteiger partial charge in [0.1, 0.15) is 0 Å². The van der Waals surface area contributed by atoms with Crippen molar-refractivity contribution in [2.75, 3.05) is 12.3 Å². The molecule has 0 aliphatic heterocycles. The summed E-state index contributed by atoms with van der Waals surface area (Å²) in [5.41, 5.74) is -11.3. The molecule has 0 radical (unpaired) electrons. The summed E-state index contributed by atoms with van der Waals surface area (Å²) in [5, 5.41) is -1.18. The number of hydrogen-bond acceptors (Lipinski definition) is 8. The van der Waals surface area contributed by atoms with Crippen LogP contribution in [-0.2, 0) is 39.0 Å². The van der Waals surface area contributed by atoms with Crippen molar-refractivity contribution in [3.63, 3.8) is 0 Å². The van der Waals surface area contributed by atoms with Crippen molar-refractivity contribution in [2.24, 2.45) is 0 Å². The molecular formula is C14H20O12P2S4. The summed E-state index contributed by atoms with van der Waals surface area (Å²) in [6.45, 7) is 0. The molecule has 0 amide bonds. The van der Waals surface area contributed by atoms with Crippen LogP contribution in [0.5, 0.6) is 0 Å². The Morgan fingerprint density at radius 3 is 0.875 bits per heavy atom. The molecule has 0 atom stereocenters. The minimum atomic E-state index is -5.66. The second kappa shape index (κ2) is 8.95. The van der Waals surface area contributed by atoms with Crippen molar-refractivity contribution in [3.05, 3.63) is 60.7 Å². The van der Waals surface area contributed by atoms with Gasteiger partial charge in [-0.25, -0.2) is 0 Å². The van der Waals surface area contributed by atoms with Crippen LogP contribution in [0.3, 0.4) is 0 Å². The maximum absolute atomic E-state index is 12.3. The van der Waals surface area contributed by atoms with Crippen molar-refractivity contribution in [1.82, 2.24) is 0 Å². The number of benzene rings is 2. The first-order chi connectivity index (χ1) is 14.4. The van der Waals surface area contributed by atoms with Crippen LogP contribution in [0.15, 0.2) is 60.7 Å². The van der Waals surface area contributed by atoms with Gasteiger partial charge in [-0.2, -0.15) is 0 Å². The van der Waals surface area contributed by atoms with Crippen LogP contribution in [0.25, 0.3) is 0 Å². The fraction of sp³-hybridized carbons (Fsp3) is 0.143. The van der Waals surface area contributed by atoms with E-state index in [1.807, 2.05) is 0 Å². The Kier molecular flexibility index (Phi) is 7.60. The summed E-state index contributed by atoms with van der Waals surface area (Å²) >= 11 is 0. The fourth-order valence-electron chi connectivity index (χ4n) is 3.38. The number of rotatable bonds is 9. The van der Waals surface area contributed by atoms with Gasteiger partial charge in [0.25, 0.3) is 0 Å². The van der Waals surface area contributed by atoms with Gasteiger partial charge in [0.05, 0.1) is 0 Å². The van der Waals surface area contributed by atoms with Gasteiger partial charge in [-0.15, -0.1) is 0 Å². The van der Waals surface area contributed by atoms with Gasteiger partial charge in [0, 0.05) is 0 Å².